The standard InChI is InChI=1S/C15H17NO/c1-11(2)5-8-15(17)13-6-7-14-12(10-13)4-3-9-16-14/h3-4,6-7,9-11H,5,8H2,1-2H3. The van der Waals surface area contributed by atoms with E-state index >= 15 is 0 Å². The Morgan fingerprint density at radius 2 is 2.12 bits per heavy atom. The van der Waals surface area contributed by atoms with Gasteiger partial charge in [0.1, 0.15) is 0 Å². The largest absolute Gasteiger partial charge is 0.294 e. The second kappa shape index (κ2) is 5.09. The van der Waals surface area contributed by atoms with Crippen LogP contribution in [-0.2, 0) is 0 Å². The number of carbonyl (C=O) groups excluding carboxylic acids is 1. The lowest BCUT2D eigenvalue weighted by atomic mass is 10.0. The second-order valence-electron chi connectivity index (χ2n) is 4.77. The molecule has 0 saturated heterocycles. The number of benzene rings is 1. The first kappa shape index (κ1) is 11.8. The number of Topliss-reactive ketones (excluding diaryl/α,β-unsaturated/α-hetero) is 1. The fraction of sp³-hybridized carbons (Fsp3) is 0.333. The van der Waals surface area contributed by atoms with Crippen LogP contribution in [-0.4, -0.2) is 10.8 Å². The number of hydrogen-bond donors (Lipinski definition) is 0. The molecule has 0 N–H and O–H groups in total. The second-order valence-corrected chi connectivity index (χ2v) is 4.77. The molecule has 0 aliphatic carbocycles. The van der Waals surface area contributed by atoms with Crippen molar-refractivity contribution in [2.75, 3.05) is 0 Å². The van der Waals surface area contributed by atoms with Gasteiger partial charge >= 0.3 is 0 Å². The van der Waals surface area contributed by atoms with E-state index in [1.54, 1.807) is 6.20 Å². The average Bonchev–Trinajstić information content (AvgIpc) is 2.35. The molecule has 1 aromatic heterocycles. The van der Waals surface area contributed by atoms with Gasteiger partial charge in [-0.15, -0.1) is 0 Å². The van der Waals surface area contributed by atoms with Gasteiger partial charge in [0.15, 0.2) is 5.78 Å². The summed E-state index contributed by atoms with van der Waals surface area (Å²) < 4.78 is 0. The summed E-state index contributed by atoms with van der Waals surface area (Å²) in [5.74, 6) is 0.797. The zero-order valence-corrected chi connectivity index (χ0v) is 10.3. The van der Waals surface area contributed by atoms with E-state index in [0.29, 0.717) is 12.3 Å². The van der Waals surface area contributed by atoms with Crippen molar-refractivity contribution >= 4 is 16.7 Å². The number of hydrogen-bond acceptors (Lipinski definition) is 2. The van der Waals surface area contributed by atoms with Gasteiger partial charge in [0.05, 0.1) is 5.52 Å². The summed E-state index contributed by atoms with van der Waals surface area (Å²) in [7, 11) is 0. The van der Waals surface area contributed by atoms with Crippen LogP contribution in [0.2, 0.25) is 0 Å². The van der Waals surface area contributed by atoms with Gasteiger partial charge in [0.2, 0.25) is 0 Å². The van der Waals surface area contributed by atoms with E-state index in [4.69, 9.17) is 0 Å². The van der Waals surface area contributed by atoms with E-state index in [-0.39, 0.29) is 5.78 Å². The lowest BCUT2D eigenvalue weighted by Gasteiger charge is -2.05. The molecule has 0 aliphatic heterocycles. The van der Waals surface area contributed by atoms with E-state index in [1.807, 2.05) is 30.3 Å². The van der Waals surface area contributed by atoms with Gasteiger partial charge in [-0.1, -0.05) is 19.9 Å². The van der Waals surface area contributed by atoms with E-state index < -0.39 is 0 Å². The number of nitrogens with zero attached hydrogens (tertiary/aromatic N) is 1. The van der Waals surface area contributed by atoms with E-state index in [2.05, 4.69) is 18.8 Å². The molecule has 0 fully saturated rings. The molecule has 0 aliphatic rings. The van der Waals surface area contributed by atoms with E-state index in [1.165, 1.54) is 0 Å². The minimum atomic E-state index is 0.226. The first-order valence-electron chi connectivity index (χ1n) is 6.05. The van der Waals surface area contributed by atoms with Crippen molar-refractivity contribution in [1.29, 1.82) is 0 Å². The van der Waals surface area contributed by atoms with Crippen molar-refractivity contribution in [3.05, 3.63) is 42.1 Å². The normalized spacial score (nSPS) is 11.0. The van der Waals surface area contributed by atoms with Crippen molar-refractivity contribution in [2.45, 2.75) is 26.7 Å². The van der Waals surface area contributed by atoms with Gasteiger partial charge in [0, 0.05) is 23.6 Å². The van der Waals surface area contributed by atoms with Crippen molar-refractivity contribution in [3.8, 4) is 0 Å². The summed E-state index contributed by atoms with van der Waals surface area (Å²) in [5, 5.41) is 1.03. The minimum Gasteiger partial charge on any atom is -0.294 e. The molecule has 0 amide bonds. The third-order valence-corrected chi connectivity index (χ3v) is 2.87. The van der Waals surface area contributed by atoms with Gasteiger partial charge < -0.3 is 0 Å². The molecule has 1 heterocycles. The van der Waals surface area contributed by atoms with Crippen molar-refractivity contribution in [3.63, 3.8) is 0 Å². The third-order valence-electron chi connectivity index (χ3n) is 2.87. The molecule has 0 spiro atoms. The van der Waals surface area contributed by atoms with Crippen LogP contribution in [0.25, 0.3) is 10.9 Å². The Morgan fingerprint density at radius 3 is 2.88 bits per heavy atom. The highest BCUT2D eigenvalue weighted by Gasteiger charge is 2.07. The van der Waals surface area contributed by atoms with Crippen LogP contribution in [0.15, 0.2) is 36.5 Å². The Morgan fingerprint density at radius 1 is 1.29 bits per heavy atom. The highest BCUT2D eigenvalue weighted by Crippen LogP contribution is 2.16. The molecule has 2 nitrogen and oxygen atoms in total. The topological polar surface area (TPSA) is 30.0 Å². The maximum Gasteiger partial charge on any atom is 0.162 e. The molecule has 0 bridgehead atoms. The summed E-state index contributed by atoms with van der Waals surface area (Å²) in [6.45, 7) is 4.27. The number of aromatic nitrogens is 1. The Labute approximate surface area is 102 Å². The fourth-order valence-corrected chi connectivity index (χ4v) is 1.81. The molecule has 0 saturated carbocycles. The molecule has 88 valence electrons. The first-order chi connectivity index (χ1) is 8.16. The van der Waals surface area contributed by atoms with Gasteiger partial charge in [0.25, 0.3) is 0 Å². The van der Waals surface area contributed by atoms with E-state index in [0.717, 1.165) is 22.9 Å². The summed E-state index contributed by atoms with van der Waals surface area (Å²) in [6.07, 6.45) is 3.34. The molecule has 17 heavy (non-hydrogen) atoms. The molecule has 0 atom stereocenters. The monoisotopic (exact) mass is 227 g/mol. The zero-order valence-electron chi connectivity index (χ0n) is 10.3. The number of rotatable bonds is 4. The predicted molar refractivity (Wildman–Crippen MR) is 70.1 cm³/mol. The quantitative estimate of drug-likeness (QED) is 0.742. The van der Waals surface area contributed by atoms with Crippen molar-refractivity contribution in [1.82, 2.24) is 4.98 Å². The van der Waals surface area contributed by atoms with Crippen LogP contribution >= 0.6 is 0 Å². The SMILES string of the molecule is CC(C)CCC(=O)c1ccc2ncccc2c1. The number of carbonyl (C=O) groups is 1. The summed E-state index contributed by atoms with van der Waals surface area (Å²) in [5.41, 5.74) is 1.74. The smallest absolute Gasteiger partial charge is 0.162 e. The molecule has 2 heteroatoms. The number of pyridine rings is 1. The molecule has 2 rings (SSSR count). The van der Waals surface area contributed by atoms with Gasteiger partial charge in [-0.2, -0.15) is 0 Å². The fourth-order valence-electron chi connectivity index (χ4n) is 1.81. The van der Waals surface area contributed by atoms with Gasteiger partial charge in [-0.3, -0.25) is 9.78 Å². The van der Waals surface area contributed by atoms with Crippen LogP contribution < -0.4 is 0 Å². The summed E-state index contributed by atoms with van der Waals surface area (Å²) >= 11 is 0. The highest BCUT2D eigenvalue weighted by atomic mass is 16.1. The van der Waals surface area contributed by atoms with Crippen LogP contribution in [0, 0.1) is 5.92 Å². The summed E-state index contributed by atoms with van der Waals surface area (Å²) in [4.78, 5) is 16.2. The van der Waals surface area contributed by atoms with Crippen molar-refractivity contribution < 1.29 is 4.79 Å². The highest BCUT2D eigenvalue weighted by molar-refractivity contribution is 5.99. The number of fused-ring (bicyclic) bond motifs is 1. The third kappa shape index (κ3) is 2.90. The Hall–Kier alpha value is -1.70. The Balaban J connectivity index is 2.21. The maximum absolute atomic E-state index is 12.0. The Bertz CT molecular complexity index is 531. The van der Waals surface area contributed by atoms with Crippen LogP contribution in [0.4, 0.5) is 0 Å². The predicted octanol–water partition coefficient (Wildman–Crippen LogP) is 3.85. The molecular weight excluding hydrogens is 210 g/mol. The lowest BCUT2D eigenvalue weighted by Crippen LogP contribution is -2.01. The van der Waals surface area contributed by atoms with E-state index in [9.17, 15) is 4.79 Å². The molecule has 0 radical (unpaired) electrons. The van der Waals surface area contributed by atoms with Gasteiger partial charge in [-0.05, 0) is 36.6 Å². The van der Waals surface area contributed by atoms with Crippen LogP contribution in [0.3, 0.4) is 0 Å². The van der Waals surface area contributed by atoms with Crippen LogP contribution in [0.5, 0.6) is 0 Å². The molecular formula is C15H17NO. The molecule has 1 aromatic carbocycles. The van der Waals surface area contributed by atoms with Crippen LogP contribution in [0.1, 0.15) is 37.0 Å². The molecule has 2 aromatic rings. The number of ketones is 1. The maximum atomic E-state index is 12.0. The molecule has 0 unspecified atom stereocenters. The first-order valence-corrected chi connectivity index (χ1v) is 6.05. The lowest BCUT2D eigenvalue weighted by molar-refractivity contribution is 0.0975. The minimum absolute atomic E-state index is 0.226. The Kier molecular flexibility index (Phi) is 3.52. The van der Waals surface area contributed by atoms with Crippen molar-refractivity contribution in [2.24, 2.45) is 5.92 Å². The zero-order chi connectivity index (χ0) is 12.3. The summed E-state index contributed by atoms with van der Waals surface area (Å²) in [6, 6.07) is 9.60. The van der Waals surface area contributed by atoms with Gasteiger partial charge in [-0.25, -0.2) is 0 Å². The average molecular weight is 227 g/mol.